The molecule has 4 rings (SSSR count). The van der Waals surface area contributed by atoms with Crippen LogP contribution < -0.4 is 0 Å². The molecule has 0 N–H and O–H groups in total. The Kier molecular flexibility index (Phi) is 4.27. The third-order valence-electron chi connectivity index (χ3n) is 5.05. The Morgan fingerprint density at radius 3 is 2.92 bits per heavy atom. The predicted molar refractivity (Wildman–Crippen MR) is 92.9 cm³/mol. The zero-order chi connectivity index (χ0) is 16.5. The van der Waals surface area contributed by atoms with Gasteiger partial charge in [-0.25, -0.2) is 4.98 Å². The van der Waals surface area contributed by atoms with Crippen molar-refractivity contribution in [1.29, 1.82) is 0 Å². The molecule has 1 saturated heterocycles. The second-order valence-electron chi connectivity index (χ2n) is 6.88. The summed E-state index contributed by atoms with van der Waals surface area (Å²) in [5.74, 6) is 1.80. The van der Waals surface area contributed by atoms with Crippen molar-refractivity contribution in [3.8, 4) is 0 Å². The van der Waals surface area contributed by atoms with E-state index in [0.717, 1.165) is 42.8 Å². The lowest BCUT2D eigenvalue weighted by molar-refractivity contribution is -0.135. The Morgan fingerprint density at radius 2 is 2.12 bits per heavy atom. The molecule has 0 radical (unpaired) electrons. The van der Waals surface area contributed by atoms with Crippen LogP contribution in [0.5, 0.6) is 0 Å². The molecule has 1 aliphatic carbocycles. The summed E-state index contributed by atoms with van der Waals surface area (Å²) in [7, 11) is 0. The number of piperidine rings is 1. The van der Waals surface area contributed by atoms with E-state index in [2.05, 4.69) is 10.6 Å². The maximum Gasteiger partial charge on any atom is 0.242 e. The van der Waals surface area contributed by atoms with E-state index in [4.69, 9.17) is 9.72 Å². The summed E-state index contributed by atoms with van der Waals surface area (Å²) in [6.07, 6.45) is 4.65. The smallest absolute Gasteiger partial charge is 0.242 e. The molecule has 1 saturated carbocycles. The number of hydrogen-bond donors (Lipinski definition) is 0. The minimum Gasteiger partial charge on any atom is -0.377 e. The lowest BCUT2D eigenvalue weighted by Gasteiger charge is -2.32. The average Bonchev–Trinajstić information content (AvgIpc) is 3.39. The lowest BCUT2D eigenvalue weighted by Crippen LogP contribution is -2.44. The summed E-state index contributed by atoms with van der Waals surface area (Å²) < 4.78 is 7.87. The molecule has 5 heteroatoms. The minimum absolute atomic E-state index is 0.185. The fraction of sp³-hybridized carbons (Fsp3) is 0.579. The van der Waals surface area contributed by atoms with Gasteiger partial charge in [-0.3, -0.25) is 4.79 Å². The quantitative estimate of drug-likeness (QED) is 0.848. The number of rotatable bonds is 5. The number of carbonyl (C=O) groups excluding carboxylic acids is 1. The Balaban J connectivity index is 1.55. The third-order valence-corrected chi connectivity index (χ3v) is 5.05. The summed E-state index contributed by atoms with van der Waals surface area (Å²) in [5.41, 5.74) is 2.07. The minimum atomic E-state index is 0.185. The van der Waals surface area contributed by atoms with Gasteiger partial charge >= 0.3 is 0 Å². The number of carbonyl (C=O) groups is 1. The van der Waals surface area contributed by atoms with E-state index in [0.29, 0.717) is 19.1 Å². The monoisotopic (exact) mass is 327 g/mol. The van der Waals surface area contributed by atoms with Crippen molar-refractivity contribution in [1.82, 2.24) is 14.5 Å². The Bertz CT molecular complexity index is 733. The number of imidazole rings is 1. The van der Waals surface area contributed by atoms with Crippen LogP contribution in [0.15, 0.2) is 24.3 Å². The number of para-hydroxylation sites is 2. The van der Waals surface area contributed by atoms with Crippen LogP contribution in [0.4, 0.5) is 0 Å². The first-order valence-corrected chi connectivity index (χ1v) is 9.10. The third kappa shape index (κ3) is 3.05. The van der Waals surface area contributed by atoms with Gasteiger partial charge in [0.1, 0.15) is 12.4 Å². The number of nitrogens with zero attached hydrogens (tertiary/aromatic N) is 3. The Hall–Kier alpha value is -1.88. The van der Waals surface area contributed by atoms with Crippen molar-refractivity contribution in [3.05, 3.63) is 30.1 Å². The molecule has 24 heavy (non-hydrogen) atoms. The molecule has 0 bridgehead atoms. The van der Waals surface area contributed by atoms with Gasteiger partial charge in [0.15, 0.2) is 0 Å². The fourth-order valence-corrected chi connectivity index (χ4v) is 3.69. The number of fused-ring (bicyclic) bond motifs is 1. The van der Waals surface area contributed by atoms with Gasteiger partial charge in [-0.2, -0.15) is 0 Å². The maximum atomic E-state index is 12.9. The molecular weight excluding hydrogens is 302 g/mol. The molecule has 1 aromatic carbocycles. The lowest BCUT2D eigenvalue weighted by atomic mass is 10.1. The van der Waals surface area contributed by atoms with E-state index >= 15 is 0 Å². The van der Waals surface area contributed by atoms with E-state index in [1.54, 1.807) is 0 Å². The summed E-state index contributed by atoms with van der Waals surface area (Å²) in [6.45, 7) is 4.68. The van der Waals surface area contributed by atoms with Gasteiger partial charge in [0.05, 0.1) is 17.1 Å². The second-order valence-corrected chi connectivity index (χ2v) is 6.88. The zero-order valence-electron chi connectivity index (χ0n) is 14.3. The molecule has 1 aromatic heterocycles. The molecule has 1 atom stereocenters. The molecule has 2 aromatic rings. The van der Waals surface area contributed by atoms with Gasteiger partial charge in [-0.05, 0) is 44.7 Å². The molecule has 5 nitrogen and oxygen atoms in total. The maximum absolute atomic E-state index is 12.9. The van der Waals surface area contributed by atoms with Gasteiger partial charge in [0.2, 0.25) is 5.91 Å². The van der Waals surface area contributed by atoms with E-state index in [1.807, 2.05) is 30.0 Å². The van der Waals surface area contributed by atoms with Gasteiger partial charge < -0.3 is 14.2 Å². The van der Waals surface area contributed by atoms with Crippen LogP contribution in [-0.4, -0.2) is 46.2 Å². The van der Waals surface area contributed by atoms with Gasteiger partial charge in [0, 0.05) is 25.6 Å². The summed E-state index contributed by atoms with van der Waals surface area (Å²) in [6, 6.07) is 8.14. The molecule has 1 amide bonds. The molecule has 1 unspecified atom stereocenters. The van der Waals surface area contributed by atoms with Gasteiger partial charge in [-0.1, -0.05) is 12.1 Å². The highest BCUT2D eigenvalue weighted by Gasteiger charge is 2.31. The first-order valence-electron chi connectivity index (χ1n) is 9.10. The van der Waals surface area contributed by atoms with Crippen LogP contribution >= 0.6 is 0 Å². The van der Waals surface area contributed by atoms with E-state index < -0.39 is 0 Å². The van der Waals surface area contributed by atoms with Crippen LogP contribution in [0.25, 0.3) is 11.0 Å². The summed E-state index contributed by atoms with van der Waals surface area (Å²) in [5, 5.41) is 0. The van der Waals surface area contributed by atoms with Crippen LogP contribution in [0.1, 0.15) is 44.3 Å². The summed E-state index contributed by atoms with van der Waals surface area (Å²) in [4.78, 5) is 19.6. The molecule has 128 valence electrons. The van der Waals surface area contributed by atoms with Crippen molar-refractivity contribution in [2.24, 2.45) is 0 Å². The van der Waals surface area contributed by atoms with Crippen molar-refractivity contribution in [2.45, 2.75) is 51.2 Å². The average molecular weight is 327 g/mol. The largest absolute Gasteiger partial charge is 0.377 e. The van der Waals surface area contributed by atoms with Gasteiger partial charge in [0.25, 0.3) is 0 Å². The number of likely N-dealkylation sites (tertiary alicyclic amines) is 1. The van der Waals surface area contributed by atoms with Crippen LogP contribution in [0.2, 0.25) is 0 Å². The molecule has 1 aliphatic heterocycles. The van der Waals surface area contributed by atoms with Gasteiger partial charge in [-0.15, -0.1) is 0 Å². The molecular formula is C19H25N3O2. The first kappa shape index (κ1) is 15.6. The van der Waals surface area contributed by atoms with Crippen molar-refractivity contribution >= 4 is 16.9 Å². The number of amides is 1. The zero-order valence-corrected chi connectivity index (χ0v) is 14.3. The predicted octanol–water partition coefficient (Wildman–Crippen LogP) is 2.94. The molecule has 2 heterocycles. The topological polar surface area (TPSA) is 47.4 Å². The molecule has 0 spiro atoms. The van der Waals surface area contributed by atoms with E-state index in [1.165, 1.54) is 12.8 Å². The fourth-order valence-electron chi connectivity index (χ4n) is 3.69. The molecule has 2 aliphatic rings. The van der Waals surface area contributed by atoms with Crippen molar-refractivity contribution in [2.75, 3.05) is 19.7 Å². The highest BCUT2D eigenvalue weighted by atomic mass is 16.5. The van der Waals surface area contributed by atoms with Crippen LogP contribution in [0, 0.1) is 0 Å². The second kappa shape index (κ2) is 6.55. The number of ether oxygens (including phenoxy) is 1. The SMILES string of the molecule is CCOC1CCCN(C(=O)Cn2c(C3CC3)nc3ccccc32)C1. The Labute approximate surface area is 142 Å². The standard InChI is InChI=1S/C19H25N3O2/c1-2-24-15-6-5-11-21(12-15)18(23)13-22-17-8-4-3-7-16(17)20-19(22)14-9-10-14/h3-4,7-8,14-15H,2,5-6,9-13H2,1H3. The number of benzene rings is 1. The summed E-state index contributed by atoms with van der Waals surface area (Å²) >= 11 is 0. The normalized spacial score (nSPS) is 21.4. The van der Waals surface area contributed by atoms with E-state index in [9.17, 15) is 4.79 Å². The van der Waals surface area contributed by atoms with Crippen molar-refractivity contribution in [3.63, 3.8) is 0 Å². The van der Waals surface area contributed by atoms with Crippen LogP contribution in [0.3, 0.4) is 0 Å². The number of hydrogen-bond acceptors (Lipinski definition) is 3. The molecule has 2 fully saturated rings. The van der Waals surface area contributed by atoms with Crippen LogP contribution in [-0.2, 0) is 16.1 Å². The number of aromatic nitrogens is 2. The highest BCUT2D eigenvalue weighted by molar-refractivity contribution is 5.81. The van der Waals surface area contributed by atoms with E-state index in [-0.39, 0.29) is 12.0 Å². The van der Waals surface area contributed by atoms with Crippen molar-refractivity contribution < 1.29 is 9.53 Å². The Morgan fingerprint density at radius 1 is 1.29 bits per heavy atom. The first-order chi connectivity index (χ1) is 11.8. The highest BCUT2D eigenvalue weighted by Crippen LogP contribution is 2.40.